The van der Waals surface area contributed by atoms with E-state index in [0.29, 0.717) is 11.1 Å². The van der Waals surface area contributed by atoms with Crippen LogP contribution in [0.2, 0.25) is 5.15 Å². The molecule has 0 unspecified atom stereocenters. The maximum absolute atomic E-state index is 14.9. The van der Waals surface area contributed by atoms with Gasteiger partial charge in [0.15, 0.2) is 16.7 Å². The Bertz CT molecular complexity index is 1300. The zero-order valence-corrected chi connectivity index (χ0v) is 18.3. The van der Waals surface area contributed by atoms with Crippen LogP contribution in [-0.4, -0.2) is 9.55 Å². The number of rotatable bonds is 5. The number of hydrogen-bond donors (Lipinski definition) is 0. The molecule has 0 N–H and O–H groups in total. The van der Waals surface area contributed by atoms with Gasteiger partial charge in [0, 0.05) is 12.4 Å². The van der Waals surface area contributed by atoms with E-state index in [2.05, 4.69) is 4.98 Å². The second-order valence-electron chi connectivity index (χ2n) is 7.78. The van der Waals surface area contributed by atoms with Crippen molar-refractivity contribution in [2.45, 2.75) is 33.3 Å². The minimum atomic E-state index is -0.581. The molecule has 0 aliphatic heterocycles. The predicted molar refractivity (Wildman–Crippen MR) is 122 cm³/mol. The molecule has 158 valence electrons. The van der Waals surface area contributed by atoms with E-state index in [1.54, 1.807) is 24.5 Å². The van der Waals surface area contributed by atoms with Crippen molar-refractivity contribution in [1.29, 1.82) is 0 Å². The van der Waals surface area contributed by atoms with Crippen LogP contribution in [0.5, 0.6) is 5.75 Å². The molecule has 0 amide bonds. The zero-order chi connectivity index (χ0) is 22.1. The van der Waals surface area contributed by atoms with E-state index in [9.17, 15) is 9.18 Å². The number of fused-ring (bicyclic) bond motifs is 1. The van der Waals surface area contributed by atoms with Crippen molar-refractivity contribution in [3.63, 3.8) is 0 Å². The van der Waals surface area contributed by atoms with E-state index in [0.717, 1.165) is 16.7 Å². The highest BCUT2D eigenvalue weighted by atomic mass is 35.5. The fraction of sp³-hybridized carbons (Fsp3) is 0.200. The lowest BCUT2D eigenvalue weighted by Crippen LogP contribution is -2.21. The average molecular weight is 437 g/mol. The van der Waals surface area contributed by atoms with Crippen molar-refractivity contribution in [3.8, 4) is 11.4 Å². The number of ether oxygens (including phenoxy) is 1. The topological polar surface area (TPSA) is 44.1 Å². The highest BCUT2D eigenvalue weighted by molar-refractivity contribution is 6.31. The number of aromatic nitrogens is 2. The Balaban J connectivity index is 1.88. The molecule has 0 radical (unpaired) electrons. The Hall–Kier alpha value is -3.18. The lowest BCUT2D eigenvalue weighted by molar-refractivity contribution is 0.291. The van der Waals surface area contributed by atoms with Crippen LogP contribution in [0.3, 0.4) is 0 Å². The summed E-state index contributed by atoms with van der Waals surface area (Å²) in [4.78, 5) is 17.4. The van der Waals surface area contributed by atoms with Gasteiger partial charge in [-0.1, -0.05) is 55.8 Å². The summed E-state index contributed by atoms with van der Waals surface area (Å²) in [5.74, 6) is -0.384. The van der Waals surface area contributed by atoms with Crippen LogP contribution >= 0.6 is 11.6 Å². The smallest absolute Gasteiger partial charge is 0.263 e. The fourth-order valence-corrected chi connectivity index (χ4v) is 3.94. The molecular formula is C25H22ClFN2O2. The number of pyridine rings is 2. The van der Waals surface area contributed by atoms with E-state index < -0.39 is 5.82 Å². The lowest BCUT2D eigenvalue weighted by atomic mass is 9.97. The molecule has 0 aliphatic rings. The van der Waals surface area contributed by atoms with Gasteiger partial charge in [0.1, 0.15) is 6.61 Å². The summed E-state index contributed by atoms with van der Waals surface area (Å²) in [7, 11) is 0. The first-order chi connectivity index (χ1) is 14.9. The van der Waals surface area contributed by atoms with Gasteiger partial charge in [-0.25, -0.2) is 9.37 Å². The number of aryl methyl sites for hydroxylation is 1. The highest BCUT2D eigenvalue weighted by Gasteiger charge is 2.18. The number of hydrogen-bond acceptors (Lipinski definition) is 3. The Morgan fingerprint density at radius 1 is 1.13 bits per heavy atom. The molecular weight excluding hydrogens is 415 g/mol. The van der Waals surface area contributed by atoms with Crippen LogP contribution in [0.15, 0.2) is 65.7 Å². The third-order valence-electron chi connectivity index (χ3n) is 5.28. The van der Waals surface area contributed by atoms with Gasteiger partial charge in [-0.05, 0) is 53.1 Å². The number of halogens is 2. The second kappa shape index (κ2) is 8.52. The van der Waals surface area contributed by atoms with Crippen LogP contribution in [0.1, 0.15) is 36.5 Å². The standard InChI is InChI=1S/C25H22ClFN2O2/c1-15(2)20-13-29(23-16(3)9-10-28-24(23)26)25(30)19-11-21(27)22(12-18(19)20)31-14-17-7-5-4-6-8-17/h4-13,15H,14H2,1-3H3. The van der Waals surface area contributed by atoms with Crippen LogP contribution < -0.4 is 10.3 Å². The summed E-state index contributed by atoms with van der Waals surface area (Å²) in [5.41, 5.74) is 2.77. The van der Waals surface area contributed by atoms with Crippen LogP contribution in [0.25, 0.3) is 16.5 Å². The summed E-state index contributed by atoms with van der Waals surface area (Å²) in [6.07, 6.45) is 3.36. The van der Waals surface area contributed by atoms with Crippen molar-refractivity contribution in [2.75, 3.05) is 0 Å². The molecule has 31 heavy (non-hydrogen) atoms. The number of benzene rings is 2. The largest absolute Gasteiger partial charge is 0.486 e. The molecule has 0 atom stereocenters. The second-order valence-corrected chi connectivity index (χ2v) is 8.14. The molecule has 4 nitrogen and oxygen atoms in total. The normalized spacial score (nSPS) is 11.3. The Kier molecular flexibility index (Phi) is 5.79. The van der Waals surface area contributed by atoms with E-state index in [1.807, 2.05) is 51.1 Å². The summed E-state index contributed by atoms with van der Waals surface area (Å²) in [6.45, 7) is 6.14. The van der Waals surface area contributed by atoms with Crippen molar-refractivity contribution < 1.29 is 9.13 Å². The van der Waals surface area contributed by atoms with Gasteiger partial charge < -0.3 is 4.74 Å². The SMILES string of the molecule is Cc1ccnc(Cl)c1-n1cc(C(C)C)c2cc(OCc3ccccc3)c(F)cc2c1=O. The van der Waals surface area contributed by atoms with Crippen LogP contribution in [0, 0.1) is 12.7 Å². The van der Waals surface area contributed by atoms with Gasteiger partial charge in [0.25, 0.3) is 5.56 Å². The van der Waals surface area contributed by atoms with E-state index in [4.69, 9.17) is 16.3 Å². The van der Waals surface area contributed by atoms with Gasteiger partial charge in [-0.15, -0.1) is 0 Å². The summed E-state index contributed by atoms with van der Waals surface area (Å²) < 4.78 is 22.1. The van der Waals surface area contributed by atoms with Crippen molar-refractivity contribution >= 4 is 22.4 Å². The van der Waals surface area contributed by atoms with Gasteiger partial charge >= 0.3 is 0 Å². The summed E-state index contributed by atoms with van der Waals surface area (Å²) in [5, 5.41) is 1.16. The fourth-order valence-electron chi connectivity index (χ4n) is 3.64. The molecule has 2 aromatic carbocycles. The van der Waals surface area contributed by atoms with Gasteiger partial charge in [0.05, 0.1) is 11.1 Å². The quantitative estimate of drug-likeness (QED) is 0.350. The molecule has 4 rings (SSSR count). The van der Waals surface area contributed by atoms with E-state index in [-0.39, 0.29) is 34.4 Å². The van der Waals surface area contributed by atoms with Crippen molar-refractivity contribution in [1.82, 2.24) is 9.55 Å². The molecule has 2 aromatic heterocycles. The third kappa shape index (κ3) is 4.06. The zero-order valence-electron chi connectivity index (χ0n) is 17.5. The molecule has 0 fully saturated rings. The average Bonchev–Trinajstić information content (AvgIpc) is 2.74. The molecule has 0 saturated heterocycles. The maximum atomic E-state index is 14.9. The van der Waals surface area contributed by atoms with Crippen molar-refractivity contribution in [2.24, 2.45) is 0 Å². The summed E-state index contributed by atoms with van der Waals surface area (Å²) in [6, 6.07) is 14.2. The first-order valence-corrected chi connectivity index (χ1v) is 10.4. The summed E-state index contributed by atoms with van der Waals surface area (Å²) >= 11 is 6.31. The first-order valence-electron chi connectivity index (χ1n) is 10.0. The van der Waals surface area contributed by atoms with Crippen LogP contribution in [0.4, 0.5) is 4.39 Å². The third-order valence-corrected chi connectivity index (χ3v) is 5.56. The molecule has 4 aromatic rings. The minimum Gasteiger partial charge on any atom is -0.486 e. The molecule has 0 aliphatic carbocycles. The monoisotopic (exact) mass is 436 g/mol. The van der Waals surface area contributed by atoms with E-state index in [1.165, 1.54) is 10.6 Å². The minimum absolute atomic E-state index is 0.0811. The maximum Gasteiger partial charge on any atom is 0.263 e. The van der Waals surface area contributed by atoms with E-state index >= 15 is 0 Å². The molecule has 0 spiro atoms. The van der Waals surface area contributed by atoms with Gasteiger partial charge in [0.2, 0.25) is 0 Å². The Morgan fingerprint density at radius 2 is 1.87 bits per heavy atom. The predicted octanol–water partition coefficient (Wildman–Crippen LogP) is 6.19. The highest BCUT2D eigenvalue weighted by Crippen LogP contribution is 2.31. The van der Waals surface area contributed by atoms with Gasteiger partial charge in [-0.2, -0.15) is 0 Å². The molecule has 2 heterocycles. The van der Waals surface area contributed by atoms with Gasteiger partial charge in [-0.3, -0.25) is 9.36 Å². The Labute approximate surface area is 184 Å². The van der Waals surface area contributed by atoms with Crippen molar-refractivity contribution in [3.05, 3.63) is 98.9 Å². The molecule has 0 bridgehead atoms. The molecule has 0 saturated carbocycles. The first kappa shape index (κ1) is 21.1. The number of nitrogens with zero attached hydrogens (tertiary/aromatic N) is 2. The molecule has 6 heteroatoms. The Morgan fingerprint density at radius 3 is 2.55 bits per heavy atom. The lowest BCUT2D eigenvalue weighted by Gasteiger charge is -2.18. The van der Waals surface area contributed by atoms with Crippen LogP contribution in [-0.2, 0) is 6.61 Å².